The summed E-state index contributed by atoms with van der Waals surface area (Å²) in [5, 5.41) is 17.2. The lowest BCUT2D eigenvalue weighted by Crippen LogP contribution is -2.08. The molecule has 0 amide bonds. The molecule has 1 aliphatic rings. The van der Waals surface area contributed by atoms with Crippen LogP contribution in [0.25, 0.3) is 16.9 Å². The molecule has 2 N–H and O–H groups in total. The van der Waals surface area contributed by atoms with Crippen molar-refractivity contribution in [2.75, 3.05) is 12.4 Å². The first-order valence-electron chi connectivity index (χ1n) is 7.89. The van der Waals surface area contributed by atoms with Gasteiger partial charge in [0.05, 0.1) is 11.4 Å². The van der Waals surface area contributed by atoms with Gasteiger partial charge in [-0.05, 0) is 54.8 Å². The minimum atomic E-state index is 0.202. The fraction of sp³-hybridized carbons (Fsp3) is 0.158. The molecule has 5 heteroatoms. The number of aryl methyl sites for hydroxylation is 1. The number of aromatic nitrogens is 2. The van der Waals surface area contributed by atoms with Crippen LogP contribution in [0.4, 0.5) is 5.69 Å². The molecule has 1 aromatic heterocycles. The van der Waals surface area contributed by atoms with E-state index in [1.54, 1.807) is 28.9 Å². The van der Waals surface area contributed by atoms with Crippen molar-refractivity contribution in [2.24, 2.45) is 0 Å². The van der Waals surface area contributed by atoms with Crippen molar-refractivity contribution in [3.63, 3.8) is 0 Å². The van der Waals surface area contributed by atoms with Gasteiger partial charge in [0.1, 0.15) is 11.4 Å². The van der Waals surface area contributed by atoms with E-state index in [1.165, 1.54) is 5.56 Å². The number of aromatic hydroxyl groups is 1. The summed E-state index contributed by atoms with van der Waals surface area (Å²) in [5.41, 5.74) is 6.61. The Kier molecular flexibility index (Phi) is 3.34. The maximum absolute atomic E-state index is 11.5. The van der Waals surface area contributed by atoms with Gasteiger partial charge in [-0.15, -0.1) is 0 Å². The van der Waals surface area contributed by atoms with Crippen molar-refractivity contribution in [3.8, 4) is 22.7 Å². The van der Waals surface area contributed by atoms with Gasteiger partial charge in [-0.3, -0.25) is 4.79 Å². The molecule has 0 saturated carbocycles. The van der Waals surface area contributed by atoms with Gasteiger partial charge in [0, 0.05) is 23.9 Å². The van der Waals surface area contributed by atoms with Crippen LogP contribution in [-0.4, -0.2) is 28.2 Å². The molecule has 0 saturated heterocycles. The minimum absolute atomic E-state index is 0.202. The first-order chi connectivity index (χ1) is 11.7. The van der Waals surface area contributed by atoms with Gasteiger partial charge in [-0.1, -0.05) is 6.07 Å². The van der Waals surface area contributed by atoms with E-state index < -0.39 is 0 Å². The predicted octanol–water partition coefficient (Wildman–Crippen LogP) is 3.20. The molecule has 0 unspecified atom stereocenters. The highest BCUT2D eigenvalue weighted by Crippen LogP contribution is 2.38. The molecule has 3 aromatic rings. The average Bonchev–Trinajstić information content (AvgIpc) is 3.01. The number of benzene rings is 2. The molecule has 0 aliphatic heterocycles. The Bertz CT molecular complexity index is 927. The van der Waals surface area contributed by atoms with Crippen LogP contribution in [0, 0.1) is 0 Å². The summed E-state index contributed by atoms with van der Waals surface area (Å²) in [4.78, 5) is 11.5. The molecular formula is C19H17N3O2. The van der Waals surface area contributed by atoms with Gasteiger partial charge in [0.25, 0.3) is 0 Å². The summed E-state index contributed by atoms with van der Waals surface area (Å²) in [6.45, 7) is 0. The molecule has 0 atom stereocenters. The number of carbonyl (C=O) groups excluding carboxylic acids is 1. The number of anilines is 1. The largest absolute Gasteiger partial charge is 0.508 e. The molecule has 0 spiro atoms. The van der Waals surface area contributed by atoms with Crippen LogP contribution in [0.2, 0.25) is 0 Å². The normalized spacial score (nSPS) is 12.4. The topological polar surface area (TPSA) is 67.2 Å². The lowest BCUT2D eigenvalue weighted by molar-refractivity contribution is 0.111. The van der Waals surface area contributed by atoms with E-state index in [0.717, 1.165) is 47.3 Å². The second kappa shape index (κ2) is 5.53. The summed E-state index contributed by atoms with van der Waals surface area (Å²) in [5.74, 6) is 0.202. The number of nitrogens with one attached hydrogen (secondary N) is 1. The third-order valence-electron chi connectivity index (χ3n) is 4.52. The van der Waals surface area contributed by atoms with Crippen LogP contribution in [-0.2, 0) is 12.8 Å². The average molecular weight is 319 g/mol. The molecule has 120 valence electrons. The predicted molar refractivity (Wildman–Crippen MR) is 93.0 cm³/mol. The van der Waals surface area contributed by atoms with Crippen molar-refractivity contribution in [1.29, 1.82) is 0 Å². The third-order valence-corrected chi connectivity index (χ3v) is 4.52. The zero-order valence-corrected chi connectivity index (χ0v) is 13.3. The highest BCUT2D eigenvalue weighted by Gasteiger charge is 2.25. The van der Waals surface area contributed by atoms with E-state index >= 15 is 0 Å². The van der Waals surface area contributed by atoms with Crippen LogP contribution < -0.4 is 5.32 Å². The van der Waals surface area contributed by atoms with Crippen molar-refractivity contribution < 1.29 is 9.90 Å². The maximum atomic E-state index is 11.5. The molecule has 1 heterocycles. The van der Waals surface area contributed by atoms with Crippen molar-refractivity contribution in [3.05, 3.63) is 59.3 Å². The monoisotopic (exact) mass is 319 g/mol. The second-order valence-corrected chi connectivity index (χ2v) is 5.88. The Morgan fingerprint density at radius 2 is 1.96 bits per heavy atom. The molecule has 24 heavy (non-hydrogen) atoms. The van der Waals surface area contributed by atoms with Crippen LogP contribution >= 0.6 is 0 Å². The molecule has 4 rings (SSSR count). The second-order valence-electron chi connectivity index (χ2n) is 5.88. The number of hydrogen-bond acceptors (Lipinski definition) is 4. The highest BCUT2D eigenvalue weighted by molar-refractivity contribution is 5.84. The lowest BCUT2D eigenvalue weighted by atomic mass is 9.88. The third kappa shape index (κ3) is 2.17. The molecular weight excluding hydrogens is 302 g/mol. The van der Waals surface area contributed by atoms with Gasteiger partial charge >= 0.3 is 0 Å². The van der Waals surface area contributed by atoms with Crippen molar-refractivity contribution >= 4 is 12.0 Å². The van der Waals surface area contributed by atoms with Crippen molar-refractivity contribution in [1.82, 2.24) is 9.78 Å². The summed E-state index contributed by atoms with van der Waals surface area (Å²) in [6.07, 6.45) is 2.52. The van der Waals surface area contributed by atoms with Crippen LogP contribution in [0.15, 0.2) is 42.5 Å². The standard InChI is InChI=1S/C19H17N3O2/c1-20-13-4-2-12-3-9-16-18(11-23)21-22(19(16)17(12)10-13)14-5-7-15(24)8-6-14/h2,4-8,10-11,20,24H,3,9H2,1H3. The molecule has 0 bridgehead atoms. The molecule has 1 aliphatic carbocycles. The van der Waals surface area contributed by atoms with Crippen LogP contribution in [0.3, 0.4) is 0 Å². The molecule has 2 aromatic carbocycles. The Balaban J connectivity index is 1.99. The summed E-state index contributed by atoms with van der Waals surface area (Å²) >= 11 is 0. The SMILES string of the molecule is CNc1ccc2c(c1)-c1c(c(C=O)nn1-c1ccc(O)cc1)CC2. The Morgan fingerprint density at radius 3 is 2.67 bits per heavy atom. The Hall–Kier alpha value is -3.08. The van der Waals surface area contributed by atoms with E-state index in [1.807, 2.05) is 7.05 Å². The fourth-order valence-electron chi connectivity index (χ4n) is 3.30. The number of phenolic OH excluding ortho intramolecular Hbond substituents is 1. The van der Waals surface area contributed by atoms with Gasteiger partial charge in [-0.2, -0.15) is 5.10 Å². The van der Waals surface area contributed by atoms with Gasteiger partial charge in [-0.25, -0.2) is 4.68 Å². The quantitative estimate of drug-likeness (QED) is 0.728. The fourth-order valence-corrected chi connectivity index (χ4v) is 3.30. The van der Waals surface area contributed by atoms with E-state index in [-0.39, 0.29) is 5.75 Å². The zero-order valence-electron chi connectivity index (χ0n) is 13.3. The van der Waals surface area contributed by atoms with Gasteiger partial charge in [0.2, 0.25) is 0 Å². The molecule has 0 fully saturated rings. The van der Waals surface area contributed by atoms with Gasteiger partial charge < -0.3 is 10.4 Å². The number of nitrogens with zero attached hydrogens (tertiary/aromatic N) is 2. The minimum Gasteiger partial charge on any atom is -0.508 e. The Labute approximate surface area is 139 Å². The molecule has 5 nitrogen and oxygen atoms in total. The van der Waals surface area contributed by atoms with E-state index in [0.29, 0.717) is 5.69 Å². The molecule has 0 radical (unpaired) electrons. The first kappa shape index (κ1) is 14.5. The van der Waals surface area contributed by atoms with Gasteiger partial charge in [0.15, 0.2) is 6.29 Å². The number of fused-ring (bicyclic) bond motifs is 3. The smallest absolute Gasteiger partial charge is 0.170 e. The first-order valence-corrected chi connectivity index (χ1v) is 7.89. The zero-order chi connectivity index (χ0) is 16.7. The Morgan fingerprint density at radius 1 is 1.17 bits per heavy atom. The van der Waals surface area contributed by atoms with Crippen LogP contribution in [0.1, 0.15) is 21.6 Å². The van der Waals surface area contributed by atoms with E-state index in [2.05, 4.69) is 28.6 Å². The summed E-state index contributed by atoms with van der Waals surface area (Å²) in [7, 11) is 1.89. The van der Waals surface area contributed by atoms with E-state index in [4.69, 9.17) is 0 Å². The lowest BCUT2D eigenvalue weighted by Gasteiger charge is -2.19. The van der Waals surface area contributed by atoms with Crippen LogP contribution in [0.5, 0.6) is 5.75 Å². The van der Waals surface area contributed by atoms with E-state index in [9.17, 15) is 9.90 Å². The number of aldehydes is 1. The number of hydrogen-bond donors (Lipinski definition) is 2. The van der Waals surface area contributed by atoms with Crippen molar-refractivity contribution in [2.45, 2.75) is 12.8 Å². The highest BCUT2D eigenvalue weighted by atomic mass is 16.3. The number of rotatable bonds is 3. The number of carbonyl (C=O) groups is 1. The maximum Gasteiger partial charge on any atom is 0.170 e. The summed E-state index contributed by atoms with van der Waals surface area (Å²) in [6, 6.07) is 13.1. The summed E-state index contributed by atoms with van der Waals surface area (Å²) < 4.78 is 1.80. The number of phenols is 1.